The van der Waals surface area contributed by atoms with E-state index in [9.17, 15) is 0 Å². The van der Waals surface area contributed by atoms with Gasteiger partial charge in [-0.1, -0.05) is 38.1 Å². The molecule has 0 saturated heterocycles. The maximum absolute atomic E-state index is 4.30. The molecule has 0 radical (unpaired) electrons. The highest BCUT2D eigenvalue weighted by atomic mass is 15.3. The highest BCUT2D eigenvalue weighted by Crippen LogP contribution is 2.22. The van der Waals surface area contributed by atoms with Crippen LogP contribution in [-0.2, 0) is 13.0 Å². The van der Waals surface area contributed by atoms with E-state index in [2.05, 4.69) is 61.6 Å². The number of aryl methyl sites for hydroxylation is 2. The van der Waals surface area contributed by atoms with Crippen molar-refractivity contribution in [3.8, 4) is 0 Å². The van der Waals surface area contributed by atoms with Crippen molar-refractivity contribution in [1.29, 1.82) is 0 Å². The summed E-state index contributed by atoms with van der Waals surface area (Å²) in [6.07, 6.45) is 6.10. The summed E-state index contributed by atoms with van der Waals surface area (Å²) in [4.78, 5) is 0. The van der Waals surface area contributed by atoms with Gasteiger partial charge in [-0.05, 0) is 30.9 Å². The van der Waals surface area contributed by atoms with Crippen molar-refractivity contribution in [3.63, 3.8) is 0 Å². The number of anilines is 1. The monoisotopic (exact) mass is 257 g/mol. The van der Waals surface area contributed by atoms with Gasteiger partial charge < -0.3 is 5.32 Å². The van der Waals surface area contributed by atoms with Gasteiger partial charge in [0.05, 0.1) is 17.9 Å². The van der Waals surface area contributed by atoms with Crippen LogP contribution in [0.1, 0.15) is 44.4 Å². The molecule has 1 unspecified atom stereocenters. The van der Waals surface area contributed by atoms with Gasteiger partial charge in [0.2, 0.25) is 0 Å². The molecule has 1 aromatic heterocycles. The molecule has 0 aliphatic carbocycles. The molecule has 0 bridgehead atoms. The van der Waals surface area contributed by atoms with Gasteiger partial charge in [-0.2, -0.15) is 5.10 Å². The predicted octanol–water partition coefficient (Wildman–Crippen LogP) is 4.03. The summed E-state index contributed by atoms with van der Waals surface area (Å²) in [6.45, 7) is 7.39. The van der Waals surface area contributed by atoms with Crippen molar-refractivity contribution in [2.45, 2.75) is 46.2 Å². The van der Waals surface area contributed by atoms with Gasteiger partial charge in [0.25, 0.3) is 0 Å². The van der Waals surface area contributed by atoms with Crippen LogP contribution in [0.2, 0.25) is 0 Å². The molecule has 102 valence electrons. The molecule has 1 atom stereocenters. The zero-order valence-electron chi connectivity index (χ0n) is 12.1. The smallest absolute Gasteiger partial charge is 0.0731 e. The second kappa shape index (κ2) is 6.41. The fourth-order valence-electron chi connectivity index (χ4n) is 2.22. The third-order valence-corrected chi connectivity index (χ3v) is 3.50. The predicted molar refractivity (Wildman–Crippen MR) is 80.4 cm³/mol. The van der Waals surface area contributed by atoms with Crippen LogP contribution in [-0.4, -0.2) is 9.78 Å². The highest BCUT2D eigenvalue weighted by Gasteiger charge is 2.09. The number of benzene rings is 1. The number of rotatable bonds is 6. The maximum atomic E-state index is 4.30. The molecule has 2 rings (SSSR count). The first kappa shape index (κ1) is 13.7. The minimum absolute atomic E-state index is 0.348. The van der Waals surface area contributed by atoms with Gasteiger partial charge in [0.15, 0.2) is 0 Å². The molecule has 0 fully saturated rings. The largest absolute Gasteiger partial charge is 0.376 e. The number of nitrogens with one attached hydrogen (secondary N) is 1. The van der Waals surface area contributed by atoms with Crippen molar-refractivity contribution < 1.29 is 0 Å². The molecule has 0 aliphatic heterocycles. The van der Waals surface area contributed by atoms with Crippen LogP contribution >= 0.6 is 0 Å². The van der Waals surface area contributed by atoms with Gasteiger partial charge >= 0.3 is 0 Å². The standard InChI is InChI=1S/C16H23N3/c1-4-13-7-9-14(10-8-13)16(5-2)18-15-11-17-19(6-3)12-15/h7-12,16,18H,4-6H2,1-3H3. The van der Waals surface area contributed by atoms with E-state index < -0.39 is 0 Å². The maximum Gasteiger partial charge on any atom is 0.0731 e. The van der Waals surface area contributed by atoms with Crippen LogP contribution in [0.3, 0.4) is 0 Å². The lowest BCUT2D eigenvalue weighted by Gasteiger charge is -2.17. The Morgan fingerprint density at radius 2 is 1.89 bits per heavy atom. The average molecular weight is 257 g/mol. The molecule has 0 spiro atoms. The SMILES string of the molecule is CCc1ccc(C(CC)Nc2cnn(CC)c2)cc1. The number of aromatic nitrogens is 2. The van der Waals surface area contributed by atoms with E-state index in [0.717, 1.165) is 25.1 Å². The van der Waals surface area contributed by atoms with Crippen LogP contribution in [0.5, 0.6) is 0 Å². The van der Waals surface area contributed by atoms with Crippen molar-refractivity contribution >= 4 is 5.69 Å². The molecule has 3 heteroatoms. The fraction of sp³-hybridized carbons (Fsp3) is 0.438. The van der Waals surface area contributed by atoms with Gasteiger partial charge in [-0.15, -0.1) is 0 Å². The Hall–Kier alpha value is -1.77. The number of hydrogen-bond donors (Lipinski definition) is 1. The minimum Gasteiger partial charge on any atom is -0.376 e. The summed E-state index contributed by atoms with van der Waals surface area (Å²) in [7, 11) is 0. The lowest BCUT2D eigenvalue weighted by atomic mass is 10.0. The summed E-state index contributed by atoms with van der Waals surface area (Å²) >= 11 is 0. The van der Waals surface area contributed by atoms with Crippen LogP contribution < -0.4 is 5.32 Å². The molecular weight excluding hydrogens is 234 g/mol. The van der Waals surface area contributed by atoms with E-state index >= 15 is 0 Å². The number of hydrogen-bond acceptors (Lipinski definition) is 2. The Balaban J connectivity index is 2.10. The Morgan fingerprint density at radius 3 is 2.42 bits per heavy atom. The van der Waals surface area contributed by atoms with Gasteiger partial charge in [-0.3, -0.25) is 4.68 Å². The molecule has 3 nitrogen and oxygen atoms in total. The molecular formula is C16H23N3. The van der Waals surface area contributed by atoms with Crippen LogP contribution in [0.25, 0.3) is 0 Å². The third-order valence-electron chi connectivity index (χ3n) is 3.50. The summed E-state index contributed by atoms with van der Waals surface area (Å²) in [5, 5.41) is 7.85. The van der Waals surface area contributed by atoms with Gasteiger partial charge in [0, 0.05) is 12.7 Å². The molecule has 1 N–H and O–H groups in total. The zero-order valence-corrected chi connectivity index (χ0v) is 12.1. The second-order valence-corrected chi connectivity index (χ2v) is 4.79. The van der Waals surface area contributed by atoms with E-state index in [0.29, 0.717) is 6.04 Å². The fourth-order valence-corrected chi connectivity index (χ4v) is 2.22. The molecule has 1 heterocycles. The Labute approximate surface area is 115 Å². The van der Waals surface area contributed by atoms with Crippen molar-refractivity contribution in [2.75, 3.05) is 5.32 Å². The molecule has 0 amide bonds. The third kappa shape index (κ3) is 3.37. The minimum atomic E-state index is 0.348. The average Bonchev–Trinajstić information content (AvgIpc) is 2.92. The molecule has 19 heavy (non-hydrogen) atoms. The van der Waals surface area contributed by atoms with E-state index in [-0.39, 0.29) is 0 Å². The van der Waals surface area contributed by atoms with E-state index in [1.54, 1.807) is 0 Å². The van der Waals surface area contributed by atoms with Crippen molar-refractivity contribution in [2.24, 2.45) is 0 Å². The number of nitrogens with zero attached hydrogens (tertiary/aromatic N) is 2. The first-order valence-electron chi connectivity index (χ1n) is 7.14. The van der Waals surface area contributed by atoms with Crippen molar-refractivity contribution in [1.82, 2.24) is 9.78 Å². The van der Waals surface area contributed by atoms with E-state index in [1.807, 2.05) is 10.9 Å². The molecule has 1 aromatic carbocycles. The second-order valence-electron chi connectivity index (χ2n) is 4.79. The summed E-state index contributed by atoms with van der Waals surface area (Å²) < 4.78 is 1.94. The lowest BCUT2D eigenvalue weighted by molar-refractivity contribution is 0.659. The topological polar surface area (TPSA) is 29.9 Å². The summed E-state index contributed by atoms with van der Waals surface area (Å²) in [5.41, 5.74) is 3.81. The lowest BCUT2D eigenvalue weighted by Crippen LogP contribution is -2.09. The molecule has 0 aliphatic rings. The Bertz CT molecular complexity index is 499. The molecule has 2 aromatic rings. The van der Waals surface area contributed by atoms with Crippen LogP contribution in [0.15, 0.2) is 36.7 Å². The highest BCUT2D eigenvalue weighted by molar-refractivity contribution is 5.42. The van der Waals surface area contributed by atoms with E-state index in [1.165, 1.54) is 11.1 Å². The Morgan fingerprint density at radius 1 is 1.16 bits per heavy atom. The zero-order chi connectivity index (χ0) is 13.7. The Kier molecular flexibility index (Phi) is 4.61. The van der Waals surface area contributed by atoms with E-state index in [4.69, 9.17) is 0 Å². The van der Waals surface area contributed by atoms with Gasteiger partial charge in [0.1, 0.15) is 0 Å². The normalized spacial score (nSPS) is 12.4. The quantitative estimate of drug-likeness (QED) is 0.846. The molecule has 0 saturated carbocycles. The van der Waals surface area contributed by atoms with Crippen LogP contribution in [0, 0.1) is 0 Å². The van der Waals surface area contributed by atoms with Crippen molar-refractivity contribution in [3.05, 3.63) is 47.8 Å². The first-order valence-corrected chi connectivity index (χ1v) is 7.14. The summed E-state index contributed by atoms with van der Waals surface area (Å²) in [6, 6.07) is 9.24. The first-order chi connectivity index (χ1) is 9.26. The van der Waals surface area contributed by atoms with Gasteiger partial charge in [-0.25, -0.2) is 0 Å². The summed E-state index contributed by atoms with van der Waals surface area (Å²) in [5.74, 6) is 0. The van der Waals surface area contributed by atoms with Crippen LogP contribution in [0.4, 0.5) is 5.69 Å².